The van der Waals surface area contributed by atoms with Crippen LogP contribution >= 0.6 is 11.8 Å². The first kappa shape index (κ1) is 20.4. The van der Waals surface area contributed by atoms with Crippen molar-refractivity contribution in [1.29, 1.82) is 0 Å². The molecule has 8 nitrogen and oxygen atoms in total. The highest BCUT2D eigenvalue weighted by atomic mass is 32.2. The van der Waals surface area contributed by atoms with E-state index < -0.39 is 39.5 Å². The number of sulfone groups is 1. The first-order chi connectivity index (χ1) is 13.2. The molecule has 0 radical (unpaired) electrons. The van der Waals surface area contributed by atoms with Gasteiger partial charge in [0.2, 0.25) is 5.91 Å². The molecule has 0 N–H and O–H groups in total. The number of rotatable bonds is 5. The smallest absolute Gasteiger partial charge is 0.294 e. The number of thioether (sulfide) groups is 1. The van der Waals surface area contributed by atoms with Crippen molar-refractivity contribution in [3.8, 4) is 5.75 Å². The number of likely N-dealkylation sites (N-methyl/N-ethyl adjacent to an activating group) is 1. The van der Waals surface area contributed by atoms with Gasteiger partial charge in [0.05, 0.1) is 23.5 Å². The first-order valence-electron chi connectivity index (χ1n) is 8.56. The maximum absolute atomic E-state index is 12.6. The van der Waals surface area contributed by atoms with Crippen molar-refractivity contribution >= 4 is 44.7 Å². The third-order valence-electron chi connectivity index (χ3n) is 4.74. The molecule has 1 aromatic carbocycles. The molecule has 150 valence electrons. The summed E-state index contributed by atoms with van der Waals surface area (Å²) in [5.41, 5.74) is 0.648. The van der Waals surface area contributed by atoms with Crippen molar-refractivity contribution in [3.05, 3.63) is 34.7 Å². The lowest BCUT2D eigenvalue weighted by Gasteiger charge is -2.25. The summed E-state index contributed by atoms with van der Waals surface area (Å²) in [5, 5.41) is -0.535. The maximum atomic E-state index is 12.6. The van der Waals surface area contributed by atoms with Gasteiger partial charge in [0.1, 0.15) is 12.3 Å². The Balaban J connectivity index is 1.72. The van der Waals surface area contributed by atoms with Crippen LogP contribution in [0.15, 0.2) is 29.2 Å². The normalized spacial score (nSPS) is 22.7. The van der Waals surface area contributed by atoms with E-state index in [-0.39, 0.29) is 16.4 Å². The number of methoxy groups -OCH3 is 1. The Morgan fingerprint density at radius 1 is 1.36 bits per heavy atom. The molecule has 2 aliphatic rings. The zero-order chi connectivity index (χ0) is 20.5. The highest BCUT2D eigenvalue weighted by molar-refractivity contribution is 8.18. The van der Waals surface area contributed by atoms with Gasteiger partial charge < -0.3 is 9.64 Å². The molecule has 28 heavy (non-hydrogen) atoms. The summed E-state index contributed by atoms with van der Waals surface area (Å²) >= 11 is 0.758. The molecule has 2 saturated heterocycles. The molecule has 10 heteroatoms. The van der Waals surface area contributed by atoms with E-state index in [0.717, 1.165) is 16.7 Å². The number of hydrogen-bond donors (Lipinski definition) is 0. The number of imide groups is 1. The van der Waals surface area contributed by atoms with Gasteiger partial charge in [-0.1, -0.05) is 18.2 Å². The van der Waals surface area contributed by atoms with Crippen molar-refractivity contribution in [2.24, 2.45) is 0 Å². The second kappa shape index (κ2) is 7.96. The van der Waals surface area contributed by atoms with Crippen molar-refractivity contribution in [1.82, 2.24) is 9.80 Å². The molecule has 0 aliphatic carbocycles. The van der Waals surface area contributed by atoms with E-state index in [1.54, 1.807) is 30.3 Å². The van der Waals surface area contributed by atoms with Gasteiger partial charge in [-0.2, -0.15) is 0 Å². The summed E-state index contributed by atoms with van der Waals surface area (Å²) in [5.74, 6) is -0.513. The summed E-state index contributed by atoms with van der Waals surface area (Å²) in [7, 11) is -0.132. The topological polar surface area (TPSA) is 101 Å². The Bertz CT molecular complexity index is 957. The molecule has 0 saturated carbocycles. The number of amides is 3. The van der Waals surface area contributed by atoms with E-state index in [9.17, 15) is 22.8 Å². The van der Waals surface area contributed by atoms with Crippen LogP contribution in [0.4, 0.5) is 4.79 Å². The van der Waals surface area contributed by atoms with Gasteiger partial charge in [-0.15, -0.1) is 0 Å². The van der Waals surface area contributed by atoms with E-state index >= 15 is 0 Å². The van der Waals surface area contributed by atoms with Gasteiger partial charge >= 0.3 is 0 Å². The average molecular weight is 425 g/mol. The fourth-order valence-electron chi connectivity index (χ4n) is 3.09. The number of carbonyl (C=O) groups is 3. The van der Waals surface area contributed by atoms with Crippen LogP contribution in [-0.4, -0.2) is 73.5 Å². The fourth-order valence-corrected chi connectivity index (χ4v) is 5.70. The van der Waals surface area contributed by atoms with Crippen molar-refractivity contribution in [2.75, 3.05) is 32.2 Å². The lowest BCUT2D eigenvalue weighted by atomic mass is 10.2. The molecule has 2 fully saturated rings. The van der Waals surface area contributed by atoms with Crippen LogP contribution in [-0.2, 0) is 19.4 Å². The number of hydrogen-bond acceptors (Lipinski definition) is 7. The van der Waals surface area contributed by atoms with E-state index in [4.69, 9.17) is 4.74 Å². The minimum Gasteiger partial charge on any atom is -0.496 e. The van der Waals surface area contributed by atoms with Crippen LogP contribution in [0.1, 0.15) is 12.0 Å². The molecule has 0 aromatic heterocycles. The predicted octanol–water partition coefficient (Wildman–Crippen LogP) is 1.38. The lowest BCUT2D eigenvalue weighted by Crippen LogP contribution is -2.45. The molecule has 1 unspecified atom stereocenters. The summed E-state index contributed by atoms with van der Waals surface area (Å²) in [6.45, 7) is -0.416. The van der Waals surface area contributed by atoms with Crippen LogP contribution < -0.4 is 4.74 Å². The molecule has 0 bridgehead atoms. The first-order valence-corrected chi connectivity index (χ1v) is 11.2. The molecule has 3 rings (SSSR count). The molecule has 2 heterocycles. The van der Waals surface area contributed by atoms with Gasteiger partial charge in [-0.3, -0.25) is 19.3 Å². The Kier molecular flexibility index (Phi) is 5.80. The van der Waals surface area contributed by atoms with Crippen molar-refractivity contribution < 1.29 is 27.5 Å². The quantitative estimate of drug-likeness (QED) is 0.658. The Hall–Kier alpha value is -2.33. The van der Waals surface area contributed by atoms with Crippen molar-refractivity contribution in [2.45, 2.75) is 12.5 Å². The highest BCUT2D eigenvalue weighted by Crippen LogP contribution is 2.34. The van der Waals surface area contributed by atoms with Crippen LogP contribution in [0.2, 0.25) is 0 Å². The third kappa shape index (κ3) is 4.22. The molecule has 0 spiro atoms. The van der Waals surface area contributed by atoms with E-state index in [1.165, 1.54) is 19.1 Å². The summed E-state index contributed by atoms with van der Waals surface area (Å²) in [6, 6.07) is 6.64. The highest BCUT2D eigenvalue weighted by Gasteiger charge is 2.39. The van der Waals surface area contributed by atoms with Crippen molar-refractivity contribution in [3.63, 3.8) is 0 Å². The SMILES string of the molecule is COc1ccccc1/C=C1/SC(=O)N(CC(=O)N(C)C2CCS(=O)(=O)C2)C1=O. The minimum absolute atomic E-state index is 0.0402. The molecule has 1 aromatic rings. The molecule has 3 amide bonds. The number of nitrogens with zero attached hydrogens (tertiary/aromatic N) is 2. The zero-order valence-corrected chi connectivity index (χ0v) is 17.1. The monoisotopic (exact) mass is 424 g/mol. The van der Waals surface area contributed by atoms with E-state index in [1.807, 2.05) is 0 Å². The predicted molar refractivity (Wildman–Crippen MR) is 105 cm³/mol. The molecular weight excluding hydrogens is 404 g/mol. The summed E-state index contributed by atoms with van der Waals surface area (Å²) < 4.78 is 28.5. The van der Waals surface area contributed by atoms with Crippen LogP contribution in [0.5, 0.6) is 5.75 Å². The number of benzene rings is 1. The summed E-state index contributed by atoms with van der Waals surface area (Å²) in [6.07, 6.45) is 1.92. The summed E-state index contributed by atoms with van der Waals surface area (Å²) in [4.78, 5) is 39.8. The third-order valence-corrected chi connectivity index (χ3v) is 7.40. The number of ether oxygens (including phenoxy) is 1. The fraction of sp³-hybridized carbons (Fsp3) is 0.389. The second-order valence-electron chi connectivity index (χ2n) is 6.57. The van der Waals surface area contributed by atoms with Crippen LogP contribution in [0, 0.1) is 0 Å². The average Bonchev–Trinajstić information content (AvgIpc) is 3.15. The van der Waals surface area contributed by atoms with Gasteiger partial charge in [0, 0.05) is 18.7 Å². The molecule has 1 atom stereocenters. The standard InChI is InChI=1S/C18H20N2O6S2/c1-19(13-7-8-28(24,25)11-13)16(21)10-20-17(22)15(27-18(20)23)9-12-5-3-4-6-14(12)26-2/h3-6,9,13H,7-8,10-11H2,1-2H3/b15-9+. The number of para-hydroxylation sites is 1. The van der Waals surface area contributed by atoms with Crippen LogP contribution in [0.3, 0.4) is 0 Å². The van der Waals surface area contributed by atoms with Crippen LogP contribution in [0.25, 0.3) is 6.08 Å². The molecular formula is C18H20N2O6S2. The Morgan fingerprint density at radius 2 is 2.07 bits per heavy atom. The maximum Gasteiger partial charge on any atom is 0.294 e. The van der Waals surface area contributed by atoms with E-state index in [0.29, 0.717) is 17.7 Å². The Labute approximate surface area is 167 Å². The zero-order valence-electron chi connectivity index (χ0n) is 15.5. The van der Waals surface area contributed by atoms with Gasteiger partial charge in [-0.05, 0) is 30.3 Å². The minimum atomic E-state index is -3.14. The van der Waals surface area contributed by atoms with Gasteiger partial charge in [-0.25, -0.2) is 8.42 Å². The molecule has 2 aliphatic heterocycles. The van der Waals surface area contributed by atoms with Gasteiger partial charge in [0.15, 0.2) is 9.84 Å². The van der Waals surface area contributed by atoms with Gasteiger partial charge in [0.25, 0.3) is 11.1 Å². The largest absolute Gasteiger partial charge is 0.496 e. The second-order valence-corrected chi connectivity index (χ2v) is 9.79. The Morgan fingerprint density at radius 3 is 2.71 bits per heavy atom. The lowest BCUT2D eigenvalue weighted by molar-refractivity contribution is -0.136. The number of carbonyl (C=O) groups excluding carboxylic acids is 3. The van der Waals surface area contributed by atoms with E-state index in [2.05, 4.69) is 0 Å².